The highest BCUT2D eigenvalue weighted by Gasteiger charge is 2.32. The standard InChI is InChI=1S/C19H16F3IO5/c20-19(21,22)12-3-1-2-10(4-12)17(8-24)28-16-7-15-13(6-14(16)23)11(9-27-15)5-18(25)26/h1-4,6-7,11,17,24H,5,8-9H2,(H,25,26)/t11-,17?/m1/s1. The predicted octanol–water partition coefficient (Wildman–Crippen LogP) is 4.37. The number of halogens is 4. The molecule has 150 valence electrons. The van der Waals surface area contributed by atoms with Gasteiger partial charge in [-0.25, -0.2) is 0 Å². The minimum atomic E-state index is -4.50. The first kappa shape index (κ1) is 20.7. The van der Waals surface area contributed by atoms with Crippen molar-refractivity contribution in [1.82, 2.24) is 0 Å². The fourth-order valence-corrected chi connectivity index (χ4v) is 3.64. The van der Waals surface area contributed by atoms with Crippen molar-refractivity contribution in [2.75, 3.05) is 13.2 Å². The van der Waals surface area contributed by atoms with Crippen LogP contribution >= 0.6 is 22.6 Å². The number of carboxylic acid groups (broad SMARTS) is 1. The molecule has 0 aromatic heterocycles. The van der Waals surface area contributed by atoms with Crippen molar-refractivity contribution in [1.29, 1.82) is 0 Å². The number of rotatable bonds is 6. The second-order valence-electron chi connectivity index (χ2n) is 6.34. The molecule has 0 saturated carbocycles. The van der Waals surface area contributed by atoms with Crippen LogP contribution in [-0.2, 0) is 11.0 Å². The van der Waals surface area contributed by atoms with E-state index in [4.69, 9.17) is 14.6 Å². The normalized spacial score (nSPS) is 17.0. The summed E-state index contributed by atoms with van der Waals surface area (Å²) in [5.41, 5.74) is 0.118. The third-order valence-electron chi connectivity index (χ3n) is 4.39. The third-order valence-corrected chi connectivity index (χ3v) is 5.23. The van der Waals surface area contributed by atoms with Crippen LogP contribution in [0.2, 0.25) is 0 Å². The number of hydrogen-bond donors (Lipinski definition) is 2. The number of carboxylic acids is 1. The Morgan fingerprint density at radius 1 is 1.32 bits per heavy atom. The summed E-state index contributed by atoms with van der Waals surface area (Å²) in [6.45, 7) is -0.283. The molecule has 0 saturated heterocycles. The van der Waals surface area contributed by atoms with Crippen molar-refractivity contribution in [3.63, 3.8) is 0 Å². The Kier molecular flexibility index (Phi) is 6.04. The first-order valence-electron chi connectivity index (χ1n) is 8.31. The number of hydrogen-bond acceptors (Lipinski definition) is 4. The van der Waals surface area contributed by atoms with Crippen molar-refractivity contribution in [3.8, 4) is 11.5 Å². The first-order chi connectivity index (χ1) is 13.2. The van der Waals surface area contributed by atoms with E-state index in [1.807, 2.05) is 22.6 Å². The number of ether oxygens (including phenoxy) is 2. The molecular formula is C19H16F3IO5. The van der Waals surface area contributed by atoms with E-state index in [2.05, 4.69) is 0 Å². The zero-order valence-electron chi connectivity index (χ0n) is 14.4. The topological polar surface area (TPSA) is 76.0 Å². The largest absolute Gasteiger partial charge is 0.492 e. The smallest absolute Gasteiger partial charge is 0.416 e. The summed E-state index contributed by atoms with van der Waals surface area (Å²) in [4.78, 5) is 11.0. The number of benzene rings is 2. The third kappa shape index (κ3) is 4.52. The van der Waals surface area contributed by atoms with Crippen LogP contribution < -0.4 is 9.47 Å². The highest BCUT2D eigenvalue weighted by atomic mass is 127. The average molecular weight is 508 g/mol. The van der Waals surface area contributed by atoms with Gasteiger partial charge >= 0.3 is 12.1 Å². The van der Waals surface area contributed by atoms with Crippen molar-refractivity contribution in [2.45, 2.75) is 24.6 Å². The summed E-state index contributed by atoms with van der Waals surface area (Å²) < 4.78 is 50.8. The van der Waals surface area contributed by atoms with Gasteiger partial charge in [0.2, 0.25) is 0 Å². The number of carbonyl (C=O) groups is 1. The Labute approximate surface area is 172 Å². The molecule has 5 nitrogen and oxygen atoms in total. The van der Waals surface area contributed by atoms with Crippen LogP contribution in [0.1, 0.15) is 35.1 Å². The van der Waals surface area contributed by atoms with Gasteiger partial charge in [-0.05, 0) is 46.4 Å². The number of aliphatic hydroxyl groups excluding tert-OH is 1. The van der Waals surface area contributed by atoms with Crippen LogP contribution in [-0.4, -0.2) is 29.4 Å². The monoisotopic (exact) mass is 508 g/mol. The van der Waals surface area contributed by atoms with Crippen LogP contribution in [0.3, 0.4) is 0 Å². The second kappa shape index (κ2) is 8.16. The zero-order chi connectivity index (χ0) is 20.5. The van der Waals surface area contributed by atoms with Gasteiger partial charge in [-0.2, -0.15) is 13.2 Å². The number of aliphatic carboxylic acids is 1. The molecule has 9 heteroatoms. The summed E-state index contributed by atoms with van der Waals surface area (Å²) in [7, 11) is 0. The summed E-state index contributed by atoms with van der Waals surface area (Å²) in [5.74, 6) is -0.386. The zero-order valence-corrected chi connectivity index (χ0v) is 16.5. The van der Waals surface area contributed by atoms with Crippen LogP contribution in [0, 0.1) is 3.57 Å². The molecule has 2 aromatic carbocycles. The van der Waals surface area contributed by atoms with Crippen LogP contribution in [0.15, 0.2) is 36.4 Å². The molecular weight excluding hydrogens is 492 g/mol. The highest BCUT2D eigenvalue weighted by Crippen LogP contribution is 2.42. The lowest BCUT2D eigenvalue weighted by Gasteiger charge is -2.20. The van der Waals surface area contributed by atoms with E-state index in [-0.39, 0.29) is 24.5 Å². The molecule has 1 unspecified atom stereocenters. The summed E-state index contributed by atoms with van der Waals surface area (Å²) >= 11 is 2.00. The van der Waals surface area contributed by atoms with Gasteiger partial charge < -0.3 is 19.7 Å². The molecule has 0 radical (unpaired) electrons. The van der Waals surface area contributed by atoms with Gasteiger partial charge in [-0.1, -0.05) is 12.1 Å². The van der Waals surface area contributed by atoms with Gasteiger partial charge in [0.15, 0.2) is 0 Å². The Hall–Kier alpha value is -2.01. The molecule has 0 amide bonds. The van der Waals surface area contributed by atoms with Gasteiger partial charge in [-0.3, -0.25) is 4.79 Å². The molecule has 0 aliphatic carbocycles. The van der Waals surface area contributed by atoms with Crippen LogP contribution in [0.4, 0.5) is 13.2 Å². The lowest BCUT2D eigenvalue weighted by molar-refractivity contribution is -0.138. The van der Waals surface area contributed by atoms with E-state index in [9.17, 15) is 23.1 Å². The Balaban J connectivity index is 1.86. The summed E-state index contributed by atoms with van der Waals surface area (Å²) in [5, 5.41) is 18.6. The van der Waals surface area contributed by atoms with Crippen LogP contribution in [0.5, 0.6) is 11.5 Å². The second-order valence-corrected chi connectivity index (χ2v) is 7.50. The van der Waals surface area contributed by atoms with Crippen molar-refractivity contribution in [3.05, 3.63) is 56.7 Å². The lowest BCUT2D eigenvalue weighted by atomic mass is 9.98. The predicted molar refractivity (Wildman–Crippen MR) is 102 cm³/mol. The summed E-state index contributed by atoms with van der Waals surface area (Å²) in [6.07, 6.45) is -5.55. The van der Waals surface area contributed by atoms with Gasteiger partial charge in [0.25, 0.3) is 0 Å². The van der Waals surface area contributed by atoms with E-state index in [1.165, 1.54) is 12.1 Å². The molecule has 3 rings (SSSR count). The van der Waals surface area contributed by atoms with E-state index in [0.29, 0.717) is 15.1 Å². The molecule has 0 bridgehead atoms. The van der Waals surface area contributed by atoms with E-state index in [0.717, 1.165) is 17.7 Å². The quantitative estimate of drug-likeness (QED) is 0.567. The van der Waals surface area contributed by atoms with Gasteiger partial charge in [-0.15, -0.1) is 0 Å². The Bertz CT molecular complexity index is 884. The van der Waals surface area contributed by atoms with Crippen molar-refractivity contribution in [2.24, 2.45) is 0 Å². The van der Waals surface area contributed by atoms with Gasteiger partial charge in [0.05, 0.1) is 28.8 Å². The molecule has 2 aromatic rings. The number of alkyl halides is 3. The molecule has 1 aliphatic heterocycles. The number of aliphatic hydroxyl groups is 1. The first-order valence-corrected chi connectivity index (χ1v) is 9.39. The van der Waals surface area contributed by atoms with Crippen molar-refractivity contribution >= 4 is 28.6 Å². The minimum absolute atomic E-state index is 0.0627. The highest BCUT2D eigenvalue weighted by molar-refractivity contribution is 14.1. The molecule has 2 N–H and O–H groups in total. The molecule has 28 heavy (non-hydrogen) atoms. The maximum Gasteiger partial charge on any atom is 0.416 e. The van der Waals surface area contributed by atoms with E-state index >= 15 is 0 Å². The van der Waals surface area contributed by atoms with E-state index in [1.54, 1.807) is 12.1 Å². The Morgan fingerprint density at radius 3 is 2.71 bits per heavy atom. The minimum Gasteiger partial charge on any atom is -0.492 e. The maximum absolute atomic E-state index is 12.9. The molecule has 2 atom stereocenters. The van der Waals surface area contributed by atoms with Gasteiger partial charge in [0.1, 0.15) is 17.6 Å². The fourth-order valence-electron chi connectivity index (χ4n) is 3.02. The lowest BCUT2D eigenvalue weighted by Crippen LogP contribution is -2.14. The Morgan fingerprint density at radius 2 is 2.07 bits per heavy atom. The number of fused-ring (bicyclic) bond motifs is 1. The van der Waals surface area contributed by atoms with Crippen molar-refractivity contribution < 1.29 is 37.7 Å². The average Bonchev–Trinajstić information content (AvgIpc) is 3.00. The van der Waals surface area contributed by atoms with Gasteiger partial charge in [0, 0.05) is 17.5 Å². The summed E-state index contributed by atoms with van der Waals surface area (Å²) in [6, 6.07) is 7.93. The fraction of sp³-hybridized carbons (Fsp3) is 0.316. The maximum atomic E-state index is 12.9. The SMILES string of the molecule is O=C(O)C[C@@H]1COc2cc(OC(CO)c3cccc(C(F)(F)F)c3)c(I)cc21. The van der Waals surface area contributed by atoms with E-state index < -0.39 is 30.4 Å². The molecule has 0 spiro atoms. The molecule has 0 fully saturated rings. The molecule has 1 aliphatic rings. The molecule has 1 heterocycles. The van der Waals surface area contributed by atoms with Crippen LogP contribution in [0.25, 0.3) is 0 Å².